The third-order valence-corrected chi connectivity index (χ3v) is 6.07. The summed E-state index contributed by atoms with van der Waals surface area (Å²) in [4.78, 5) is 17.8. The van der Waals surface area contributed by atoms with Crippen LogP contribution in [0.4, 0.5) is 0 Å². The van der Waals surface area contributed by atoms with E-state index in [9.17, 15) is 4.79 Å². The van der Waals surface area contributed by atoms with E-state index in [2.05, 4.69) is 29.3 Å². The van der Waals surface area contributed by atoms with Gasteiger partial charge >= 0.3 is 0 Å². The summed E-state index contributed by atoms with van der Waals surface area (Å²) < 4.78 is 0. The van der Waals surface area contributed by atoms with Gasteiger partial charge in [-0.25, -0.2) is 0 Å². The second-order valence-corrected chi connectivity index (χ2v) is 7.85. The lowest BCUT2D eigenvalue weighted by molar-refractivity contribution is -0.127. The lowest BCUT2D eigenvalue weighted by Crippen LogP contribution is -2.35. The van der Waals surface area contributed by atoms with Gasteiger partial charge in [0.05, 0.1) is 17.4 Å². The molecule has 28 heavy (non-hydrogen) atoms. The van der Waals surface area contributed by atoms with Gasteiger partial charge in [0.25, 0.3) is 0 Å². The third kappa shape index (κ3) is 3.97. The average molecular weight is 388 g/mol. The summed E-state index contributed by atoms with van der Waals surface area (Å²) in [5, 5.41) is 10.1. The first-order chi connectivity index (χ1) is 13.7. The molecule has 0 aliphatic carbocycles. The van der Waals surface area contributed by atoms with Crippen LogP contribution in [-0.4, -0.2) is 34.6 Å². The Morgan fingerprint density at radius 2 is 2.00 bits per heavy atom. The minimum Gasteiger partial charge on any atom is -0.361 e. The zero-order chi connectivity index (χ0) is 19.3. The molecule has 4 rings (SSSR count). The molecule has 0 fully saturated rings. The first kappa shape index (κ1) is 18.4. The number of nitrogens with zero attached hydrogens (tertiary/aromatic N) is 2. The molecule has 140 valence electrons. The topological polar surface area (TPSA) is 59.9 Å². The zero-order valence-corrected chi connectivity index (χ0v) is 16.3. The molecule has 0 radical (unpaired) electrons. The van der Waals surface area contributed by atoms with Crippen molar-refractivity contribution in [2.45, 2.75) is 12.2 Å². The number of amides is 1. The first-order valence-corrected chi connectivity index (χ1v) is 10.5. The Labute approximate surface area is 168 Å². The van der Waals surface area contributed by atoms with Crippen molar-refractivity contribution in [1.29, 1.82) is 5.26 Å². The molecule has 0 saturated heterocycles. The first-order valence-electron chi connectivity index (χ1n) is 9.34. The van der Waals surface area contributed by atoms with E-state index in [1.807, 2.05) is 47.5 Å². The van der Waals surface area contributed by atoms with Crippen molar-refractivity contribution in [3.8, 4) is 6.07 Å². The fraction of sp³-hybridized carbons (Fsp3) is 0.217. The molecule has 0 unspecified atom stereocenters. The van der Waals surface area contributed by atoms with Gasteiger partial charge < -0.3 is 9.88 Å². The van der Waals surface area contributed by atoms with E-state index in [1.54, 1.807) is 11.8 Å². The van der Waals surface area contributed by atoms with Crippen LogP contribution in [-0.2, 0) is 10.5 Å². The number of nitrogens with one attached hydrogen (secondary N) is 1. The number of benzene rings is 2. The van der Waals surface area contributed by atoms with E-state index in [1.165, 1.54) is 16.5 Å². The summed E-state index contributed by atoms with van der Waals surface area (Å²) in [5.41, 5.74) is 5.44. The van der Waals surface area contributed by atoms with E-state index < -0.39 is 0 Å². The number of aromatic amines is 1. The maximum absolute atomic E-state index is 12.5. The van der Waals surface area contributed by atoms with E-state index in [4.69, 9.17) is 5.26 Å². The van der Waals surface area contributed by atoms with Gasteiger partial charge in [0.15, 0.2) is 0 Å². The molecule has 1 aromatic heterocycles. The highest BCUT2D eigenvalue weighted by atomic mass is 32.2. The van der Waals surface area contributed by atoms with E-state index in [-0.39, 0.29) is 5.91 Å². The Morgan fingerprint density at radius 3 is 2.75 bits per heavy atom. The normalized spacial score (nSPS) is 14.0. The van der Waals surface area contributed by atoms with Crippen LogP contribution in [0.5, 0.6) is 0 Å². The predicted molar refractivity (Wildman–Crippen MR) is 115 cm³/mol. The van der Waals surface area contributed by atoms with Crippen LogP contribution in [0.1, 0.15) is 23.1 Å². The van der Waals surface area contributed by atoms with Crippen LogP contribution in [0.15, 0.2) is 60.8 Å². The second-order valence-electron chi connectivity index (χ2n) is 6.86. The van der Waals surface area contributed by atoms with Crippen molar-refractivity contribution in [3.63, 3.8) is 0 Å². The van der Waals surface area contributed by atoms with Gasteiger partial charge in [0, 0.05) is 35.9 Å². The second kappa shape index (κ2) is 8.37. The summed E-state index contributed by atoms with van der Waals surface area (Å²) in [7, 11) is 0. The largest absolute Gasteiger partial charge is 0.361 e. The Hall–Kier alpha value is -2.97. The summed E-state index contributed by atoms with van der Waals surface area (Å²) >= 11 is 1.67. The number of carbonyl (C=O) groups excluding carboxylic acids is 1. The number of hydrogen-bond acceptors (Lipinski definition) is 3. The van der Waals surface area contributed by atoms with Crippen molar-refractivity contribution in [2.24, 2.45) is 0 Å². The van der Waals surface area contributed by atoms with Crippen LogP contribution < -0.4 is 0 Å². The molecule has 2 aromatic carbocycles. The fourth-order valence-electron chi connectivity index (χ4n) is 3.51. The molecule has 0 bridgehead atoms. The van der Waals surface area contributed by atoms with Crippen LogP contribution in [0.3, 0.4) is 0 Å². The number of para-hydroxylation sites is 1. The van der Waals surface area contributed by atoms with Gasteiger partial charge in [-0.15, -0.1) is 11.8 Å². The third-order valence-electron chi connectivity index (χ3n) is 5.10. The number of fused-ring (bicyclic) bond motifs is 1. The molecule has 0 atom stereocenters. The fourth-order valence-corrected chi connectivity index (χ4v) is 4.43. The SMILES string of the molecule is N#Cc1ccc(C2=CCN(C(=O)CSCc3c[nH]c4ccccc34)CC2)cc1. The van der Waals surface area contributed by atoms with Gasteiger partial charge in [0.1, 0.15) is 0 Å². The highest BCUT2D eigenvalue weighted by molar-refractivity contribution is 7.99. The Bertz CT molecular complexity index is 1060. The highest BCUT2D eigenvalue weighted by Gasteiger charge is 2.18. The van der Waals surface area contributed by atoms with E-state index in [0.29, 0.717) is 17.9 Å². The van der Waals surface area contributed by atoms with Gasteiger partial charge in [-0.2, -0.15) is 5.26 Å². The predicted octanol–water partition coefficient (Wildman–Crippen LogP) is 4.59. The Kier molecular flexibility index (Phi) is 5.50. The molecule has 1 amide bonds. The van der Waals surface area contributed by atoms with Crippen molar-refractivity contribution in [1.82, 2.24) is 9.88 Å². The Morgan fingerprint density at radius 1 is 1.18 bits per heavy atom. The maximum atomic E-state index is 12.5. The number of carbonyl (C=O) groups is 1. The van der Waals surface area contributed by atoms with Crippen LogP contribution in [0.2, 0.25) is 0 Å². The lowest BCUT2D eigenvalue weighted by Gasteiger charge is -2.26. The minimum atomic E-state index is 0.194. The van der Waals surface area contributed by atoms with Gasteiger partial charge in [-0.1, -0.05) is 36.4 Å². The van der Waals surface area contributed by atoms with Gasteiger partial charge in [-0.3, -0.25) is 4.79 Å². The number of hydrogen-bond donors (Lipinski definition) is 1. The molecular formula is C23H21N3OS. The number of rotatable bonds is 5. The zero-order valence-electron chi connectivity index (χ0n) is 15.5. The maximum Gasteiger partial charge on any atom is 0.232 e. The van der Waals surface area contributed by atoms with E-state index >= 15 is 0 Å². The molecule has 3 aromatic rings. The molecule has 5 heteroatoms. The number of thioether (sulfide) groups is 1. The smallest absolute Gasteiger partial charge is 0.232 e. The lowest BCUT2D eigenvalue weighted by atomic mass is 9.98. The van der Waals surface area contributed by atoms with Crippen LogP contribution in [0, 0.1) is 11.3 Å². The standard InChI is InChI=1S/C23H21N3OS/c24-13-17-5-7-18(8-6-17)19-9-11-26(12-10-19)23(27)16-28-15-20-14-25-22-4-2-1-3-21(20)22/h1-9,14,25H,10-12,15-16H2. The van der Waals surface area contributed by atoms with Crippen LogP contribution in [0.25, 0.3) is 16.5 Å². The number of nitriles is 1. The molecule has 0 saturated carbocycles. The molecule has 1 aliphatic rings. The molecule has 2 heterocycles. The van der Waals surface area contributed by atoms with Crippen molar-refractivity contribution in [3.05, 3.63) is 77.5 Å². The molecule has 0 spiro atoms. The van der Waals surface area contributed by atoms with E-state index in [0.717, 1.165) is 29.8 Å². The molecular weight excluding hydrogens is 366 g/mol. The van der Waals surface area contributed by atoms with Crippen LogP contribution >= 0.6 is 11.8 Å². The monoisotopic (exact) mass is 387 g/mol. The highest BCUT2D eigenvalue weighted by Crippen LogP contribution is 2.25. The summed E-state index contributed by atoms with van der Waals surface area (Å²) in [6, 6.07) is 18.0. The summed E-state index contributed by atoms with van der Waals surface area (Å²) in [5.74, 6) is 1.52. The quantitative estimate of drug-likeness (QED) is 0.697. The van der Waals surface area contributed by atoms with Gasteiger partial charge in [0.2, 0.25) is 5.91 Å². The molecule has 1 N–H and O–H groups in total. The molecule has 1 aliphatic heterocycles. The number of aromatic nitrogens is 1. The minimum absolute atomic E-state index is 0.194. The number of H-pyrrole nitrogens is 1. The average Bonchev–Trinajstić information content (AvgIpc) is 3.17. The Balaban J connectivity index is 1.30. The van der Waals surface area contributed by atoms with Crippen molar-refractivity contribution >= 4 is 34.1 Å². The van der Waals surface area contributed by atoms with Gasteiger partial charge in [-0.05, 0) is 41.3 Å². The molecule has 4 nitrogen and oxygen atoms in total. The summed E-state index contributed by atoms with van der Waals surface area (Å²) in [6.07, 6.45) is 5.02. The van der Waals surface area contributed by atoms with Crippen molar-refractivity contribution in [2.75, 3.05) is 18.8 Å². The van der Waals surface area contributed by atoms with Crippen molar-refractivity contribution < 1.29 is 4.79 Å². The summed E-state index contributed by atoms with van der Waals surface area (Å²) in [6.45, 7) is 1.40.